The van der Waals surface area contributed by atoms with Crippen molar-refractivity contribution in [2.24, 2.45) is 0 Å². The van der Waals surface area contributed by atoms with E-state index in [1.165, 1.54) is 12.1 Å². The Morgan fingerprint density at radius 3 is 2.60 bits per heavy atom. The van der Waals surface area contributed by atoms with E-state index in [9.17, 15) is 4.39 Å². The van der Waals surface area contributed by atoms with Crippen molar-refractivity contribution in [1.82, 2.24) is 5.32 Å². The summed E-state index contributed by atoms with van der Waals surface area (Å²) in [5, 5.41) is 12.3. The van der Waals surface area contributed by atoms with Crippen LogP contribution in [0.2, 0.25) is 0 Å². The molecule has 1 rings (SSSR count). The van der Waals surface area contributed by atoms with Gasteiger partial charge in [-0.05, 0) is 44.0 Å². The van der Waals surface area contributed by atoms with Crippen LogP contribution in [-0.2, 0) is 6.54 Å². The molecule has 1 aromatic carbocycles. The molecule has 0 spiro atoms. The standard InChI is InChI=1S/C12H18FNO/c1-10(15)3-2-8-14-9-11-4-6-12(13)7-5-11/h4-7,10,14-15H,2-3,8-9H2,1H3. The van der Waals surface area contributed by atoms with Gasteiger partial charge in [0, 0.05) is 6.54 Å². The molecular weight excluding hydrogens is 193 g/mol. The fourth-order valence-corrected chi connectivity index (χ4v) is 1.36. The third-order valence-corrected chi connectivity index (χ3v) is 2.22. The summed E-state index contributed by atoms with van der Waals surface area (Å²) >= 11 is 0. The van der Waals surface area contributed by atoms with Crippen molar-refractivity contribution in [3.63, 3.8) is 0 Å². The largest absolute Gasteiger partial charge is 0.393 e. The van der Waals surface area contributed by atoms with Gasteiger partial charge in [0.2, 0.25) is 0 Å². The molecule has 0 saturated heterocycles. The quantitative estimate of drug-likeness (QED) is 0.706. The number of benzene rings is 1. The van der Waals surface area contributed by atoms with Crippen LogP contribution in [0.1, 0.15) is 25.3 Å². The van der Waals surface area contributed by atoms with Crippen molar-refractivity contribution in [1.29, 1.82) is 0 Å². The van der Waals surface area contributed by atoms with E-state index in [1.54, 1.807) is 19.1 Å². The number of aliphatic hydroxyl groups excluding tert-OH is 1. The first-order chi connectivity index (χ1) is 7.18. The lowest BCUT2D eigenvalue weighted by molar-refractivity contribution is 0.181. The van der Waals surface area contributed by atoms with E-state index in [0.717, 1.165) is 31.5 Å². The highest BCUT2D eigenvalue weighted by Crippen LogP contribution is 2.02. The lowest BCUT2D eigenvalue weighted by Gasteiger charge is -2.06. The highest BCUT2D eigenvalue weighted by molar-refractivity contribution is 5.15. The Balaban J connectivity index is 2.12. The minimum absolute atomic E-state index is 0.201. The van der Waals surface area contributed by atoms with E-state index in [1.807, 2.05) is 0 Å². The molecule has 0 aliphatic heterocycles. The molecule has 0 bridgehead atoms. The highest BCUT2D eigenvalue weighted by Gasteiger charge is 1.96. The number of halogens is 1. The van der Waals surface area contributed by atoms with Gasteiger partial charge in [0.25, 0.3) is 0 Å². The number of nitrogens with one attached hydrogen (secondary N) is 1. The molecule has 1 atom stereocenters. The lowest BCUT2D eigenvalue weighted by atomic mass is 10.2. The molecule has 0 heterocycles. The molecule has 2 nitrogen and oxygen atoms in total. The summed E-state index contributed by atoms with van der Waals surface area (Å²) in [6.45, 7) is 3.42. The molecule has 0 aliphatic carbocycles. The van der Waals surface area contributed by atoms with Crippen LogP contribution in [0, 0.1) is 5.82 Å². The predicted molar refractivity (Wildman–Crippen MR) is 59.0 cm³/mol. The van der Waals surface area contributed by atoms with Gasteiger partial charge in [0.05, 0.1) is 6.10 Å². The number of rotatable bonds is 6. The zero-order valence-corrected chi connectivity index (χ0v) is 9.04. The van der Waals surface area contributed by atoms with Crippen LogP contribution < -0.4 is 5.32 Å². The smallest absolute Gasteiger partial charge is 0.123 e. The molecule has 0 radical (unpaired) electrons. The average Bonchev–Trinajstić information content (AvgIpc) is 2.20. The Kier molecular flexibility index (Phi) is 5.29. The zero-order chi connectivity index (χ0) is 11.1. The summed E-state index contributed by atoms with van der Waals surface area (Å²) in [6.07, 6.45) is 1.55. The molecule has 1 aromatic rings. The van der Waals surface area contributed by atoms with Crippen LogP contribution in [-0.4, -0.2) is 17.8 Å². The zero-order valence-electron chi connectivity index (χ0n) is 9.04. The van der Waals surface area contributed by atoms with Gasteiger partial charge in [-0.3, -0.25) is 0 Å². The molecule has 0 aliphatic rings. The van der Waals surface area contributed by atoms with E-state index in [4.69, 9.17) is 5.11 Å². The van der Waals surface area contributed by atoms with Crippen LogP contribution in [0.4, 0.5) is 4.39 Å². The Morgan fingerprint density at radius 2 is 2.00 bits per heavy atom. The molecule has 1 unspecified atom stereocenters. The minimum atomic E-state index is -0.224. The van der Waals surface area contributed by atoms with Crippen molar-refractivity contribution >= 4 is 0 Å². The number of aliphatic hydroxyl groups is 1. The van der Waals surface area contributed by atoms with Gasteiger partial charge >= 0.3 is 0 Å². The van der Waals surface area contributed by atoms with Gasteiger partial charge in [-0.1, -0.05) is 12.1 Å². The van der Waals surface area contributed by atoms with Gasteiger partial charge in [0.15, 0.2) is 0 Å². The summed E-state index contributed by atoms with van der Waals surface area (Å²) in [5.41, 5.74) is 1.08. The topological polar surface area (TPSA) is 32.3 Å². The third kappa shape index (κ3) is 5.50. The molecule has 0 aromatic heterocycles. The maximum Gasteiger partial charge on any atom is 0.123 e. The van der Waals surface area contributed by atoms with E-state index >= 15 is 0 Å². The maximum absolute atomic E-state index is 12.6. The van der Waals surface area contributed by atoms with Gasteiger partial charge in [-0.25, -0.2) is 4.39 Å². The van der Waals surface area contributed by atoms with Crippen LogP contribution in [0.15, 0.2) is 24.3 Å². The van der Waals surface area contributed by atoms with E-state index < -0.39 is 0 Å². The summed E-state index contributed by atoms with van der Waals surface area (Å²) in [4.78, 5) is 0. The summed E-state index contributed by atoms with van der Waals surface area (Å²) in [5.74, 6) is -0.201. The van der Waals surface area contributed by atoms with Crippen molar-refractivity contribution in [3.05, 3.63) is 35.6 Å². The van der Waals surface area contributed by atoms with Crippen LogP contribution >= 0.6 is 0 Å². The highest BCUT2D eigenvalue weighted by atomic mass is 19.1. The second kappa shape index (κ2) is 6.53. The van der Waals surface area contributed by atoms with Crippen LogP contribution in [0.25, 0.3) is 0 Å². The first-order valence-electron chi connectivity index (χ1n) is 5.31. The molecular formula is C12H18FNO. The van der Waals surface area contributed by atoms with Crippen molar-refractivity contribution in [3.8, 4) is 0 Å². The first-order valence-corrected chi connectivity index (χ1v) is 5.31. The lowest BCUT2D eigenvalue weighted by Crippen LogP contribution is -2.16. The molecule has 15 heavy (non-hydrogen) atoms. The summed E-state index contributed by atoms with van der Waals surface area (Å²) in [6, 6.07) is 6.48. The average molecular weight is 211 g/mol. The Hall–Kier alpha value is -0.930. The SMILES string of the molecule is CC(O)CCCNCc1ccc(F)cc1. The first kappa shape index (κ1) is 12.1. The van der Waals surface area contributed by atoms with Gasteiger partial charge < -0.3 is 10.4 Å². The predicted octanol–water partition coefficient (Wildman–Crippen LogP) is 2.08. The minimum Gasteiger partial charge on any atom is -0.393 e. The van der Waals surface area contributed by atoms with Crippen LogP contribution in [0.5, 0.6) is 0 Å². The number of hydrogen-bond donors (Lipinski definition) is 2. The van der Waals surface area contributed by atoms with Crippen LogP contribution in [0.3, 0.4) is 0 Å². The second-order valence-corrected chi connectivity index (χ2v) is 3.79. The van der Waals surface area contributed by atoms with Crippen molar-refractivity contribution < 1.29 is 9.50 Å². The normalized spacial score (nSPS) is 12.7. The fourth-order valence-electron chi connectivity index (χ4n) is 1.36. The van der Waals surface area contributed by atoms with Gasteiger partial charge in [-0.2, -0.15) is 0 Å². The number of hydrogen-bond acceptors (Lipinski definition) is 2. The van der Waals surface area contributed by atoms with E-state index in [0.29, 0.717) is 0 Å². The fraction of sp³-hybridized carbons (Fsp3) is 0.500. The monoisotopic (exact) mass is 211 g/mol. The Labute approximate surface area is 90.1 Å². The molecule has 0 fully saturated rings. The van der Waals surface area contributed by atoms with E-state index in [2.05, 4.69) is 5.32 Å². The van der Waals surface area contributed by atoms with Gasteiger partial charge in [-0.15, -0.1) is 0 Å². The molecule has 0 amide bonds. The molecule has 0 saturated carbocycles. The van der Waals surface area contributed by atoms with Crippen molar-refractivity contribution in [2.75, 3.05) is 6.54 Å². The third-order valence-electron chi connectivity index (χ3n) is 2.22. The summed E-state index contributed by atoms with van der Waals surface area (Å²) in [7, 11) is 0. The molecule has 2 N–H and O–H groups in total. The van der Waals surface area contributed by atoms with Crippen molar-refractivity contribution in [2.45, 2.75) is 32.4 Å². The molecule has 3 heteroatoms. The Morgan fingerprint density at radius 1 is 1.33 bits per heavy atom. The maximum atomic E-state index is 12.6. The summed E-state index contributed by atoms with van der Waals surface area (Å²) < 4.78 is 12.6. The Bertz CT molecular complexity index is 271. The second-order valence-electron chi connectivity index (χ2n) is 3.79. The molecule has 84 valence electrons. The van der Waals surface area contributed by atoms with Gasteiger partial charge in [0.1, 0.15) is 5.82 Å². The van der Waals surface area contributed by atoms with E-state index in [-0.39, 0.29) is 11.9 Å².